The molecule has 9 heteroatoms. The first-order valence-corrected chi connectivity index (χ1v) is 19.6. The Balaban J connectivity index is -0.000000574. The first-order valence-electron chi connectivity index (χ1n) is 17.3. The molecule has 0 rings (SSSR count). The van der Waals surface area contributed by atoms with Gasteiger partial charge in [0.25, 0.3) is 0 Å². The summed E-state index contributed by atoms with van der Waals surface area (Å²) in [4.78, 5) is 0. The molecule has 0 aliphatic rings. The standard InChI is InChI=1S/2C16H36N.F6Si/c2*1-5-9-13-17(14-10-6-2,15-11-7-3)16-12-8-4;1-7(2,3,4,5)6/h2*5-16H2,1-4H3;/q2*+1;-2. The summed E-state index contributed by atoms with van der Waals surface area (Å²) in [6, 6.07) is 0. The van der Waals surface area contributed by atoms with Crippen LogP contribution in [0.4, 0.5) is 24.6 Å². The van der Waals surface area contributed by atoms with Crippen LogP contribution >= 0.6 is 0 Å². The van der Waals surface area contributed by atoms with Gasteiger partial charge in [0.05, 0.1) is 52.4 Å². The number of rotatable bonds is 24. The first kappa shape index (κ1) is 45.1. The van der Waals surface area contributed by atoms with Gasteiger partial charge < -0.3 is 8.97 Å². The zero-order chi connectivity index (χ0) is 32.4. The summed E-state index contributed by atoms with van der Waals surface area (Å²) >= 11 is 0. The number of halogens is 6. The van der Waals surface area contributed by atoms with Crippen molar-refractivity contribution in [3.05, 3.63) is 0 Å². The Labute approximate surface area is 252 Å². The molecular weight excluding hydrogens is 554 g/mol. The molecular formula is C32H72F6N2Si. The molecule has 0 amide bonds. The second kappa shape index (κ2) is 23.1. The van der Waals surface area contributed by atoms with Crippen molar-refractivity contribution >= 4 is 8.63 Å². The van der Waals surface area contributed by atoms with Gasteiger partial charge in [-0.2, -0.15) is 0 Å². The Morgan fingerprint density at radius 1 is 0.293 bits per heavy atom. The third kappa shape index (κ3) is 35.8. The van der Waals surface area contributed by atoms with E-state index in [0.717, 1.165) is 0 Å². The van der Waals surface area contributed by atoms with Gasteiger partial charge in [-0.15, -0.1) is 0 Å². The van der Waals surface area contributed by atoms with Crippen molar-refractivity contribution in [1.29, 1.82) is 0 Å². The van der Waals surface area contributed by atoms with Crippen LogP contribution in [-0.4, -0.2) is 70.0 Å². The fourth-order valence-corrected chi connectivity index (χ4v) is 5.29. The first-order chi connectivity index (χ1) is 18.9. The van der Waals surface area contributed by atoms with E-state index in [9.17, 15) is 24.6 Å². The Hall–Kier alpha value is -0.283. The van der Waals surface area contributed by atoms with Crippen LogP contribution in [0.25, 0.3) is 0 Å². The molecule has 256 valence electrons. The number of quaternary nitrogens is 2. The van der Waals surface area contributed by atoms with Crippen LogP contribution in [0.1, 0.15) is 158 Å². The van der Waals surface area contributed by atoms with Crippen LogP contribution in [0.15, 0.2) is 0 Å². The van der Waals surface area contributed by atoms with Gasteiger partial charge in [0, 0.05) is 0 Å². The van der Waals surface area contributed by atoms with Crippen molar-refractivity contribution in [2.24, 2.45) is 0 Å². The number of hydrogen-bond donors (Lipinski definition) is 0. The van der Waals surface area contributed by atoms with Crippen molar-refractivity contribution in [3.63, 3.8) is 0 Å². The zero-order valence-corrected chi connectivity index (χ0v) is 29.6. The second-order valence-corrected chi connectivity index (χ2v) is 14.5. The fraction of sp³-hybridized carbons (Fsp3) is 1.00. The normalized spacial score (nSPS) is 13.9. The third-order valence-electron chi connectivity index (χ3n) is 7.89. The molecule has 0 bridgehead atoms. The van der Waals surface area contributed by atoms with Gasteiger partial charge in [-0.05, 0) is 51.4 Å². The summed E-state index contributed by atoms with van der Waals surface area (Å²) < 4.78 is 62.1. The van der Waals surface area contributed by atoms with Gasteiger partial charge in [0.15, 0.2) is 0 Å². The van der Waals surface area contributed by atoms with E-state index in [0.29, 0.717) is 0 Å². The van der Waals surface area contributed by atoms with Gasteiger partial charge in [-0.1, -0.05) is 107 Å². The molecule has 0 fully saturated rings. The van der Waals surface area contributed by atoms with Crippen LogP contribution < -0.4 is 0 Å². The van der Waals surface area contributed by atoms with E-state index in [1.165, 1.54) is 164 Å². The number of nitrogens with zero attached hydrogens (tertiary/aromatic N) is 2. The van der Waals surface area contributed by atoms with Crippen LogP contribution in [-0.2, 0) is 0 Å². The van der Waals surface area contributed by atoms with E-state index in [1.54, 1.807) is 0 Å². The maximum atomic E-state index is 9.88. The van der Waals surface area contributed by atoms with Gasteiger partial charge in [0.2, 0.25) is 0 Å². The number of hydrogen-bond acceptors (Lipinski definition) is 0. The summed E-state index contributed by atoms with van der Waals surface area (Å²) in [6.45, 7) is 30.0. The van der Waals surface area contributed by atoms with Gasteiger partial charge in [-0.25, -0.2) is 0 Å². The Morgan fingerprint density at radius 3 is 0.463 bits per heavy atom. The molecule has 0 saturated heterocycles. The third-order valence-corrected chi connectivity index (χ3v) is 7.89. The number of unbranched alkanes of at least 4 members (excludes halogenated alkanes) is 8. The molecule has 0 aromatic rings. The molecule has 0 unspecified atom stereocenters. The molecule has 2 nitrogen and oxygen atoms in total. The maximum absolute atomic E-state index is 10.8. The summed E-state index contributed by atoms with van der Waals surface area (Å²) in [6.07, 6.45) is 22.1. The quantitative estimate of drug-likeness (QED) is 0.0433. The monoisotopic (exact) mass is 627 g/mol. The molecule has 0 aromatic carbocycles. The van der Waals surface area contributed by atoms with E-state index in [4.69, 9.17) is 0 Å². The Bertz CT molecular complexity index is 447. The Kier molecular flexibility index (Phi) is 25.5. The topological polar surface area (TPSA) is 0 Å². The molecule has 0 aliphatic carbocycles. The molecule has 0 radical (unpaired) electrons. The fourth-order valence-electron chi connectivity index (χ4n) is 5.29. The van der Waals surface area contributed by atoms with E-state index in [2.05, 4.69) is 55.4 Å². The van der Waals surface area contributed by atoms with Crippen molar-refractivity contribution < 1.29 is 33.6 Å². The van der Waals surface area contributed by atoms with Crippen molar-refractivity contribution in [2.45, 2.75) is 158 Å². The van der Waals surface area contributed by atoms with Crippen LogP contribution in [0.3, 0.4) is 0 Å². The molecule has 41 heavy (non-hydrogen) atoms. The molecule has 0 aromatic heterocycles. The predicted octanol–water partition coefficient (Wildman–Crippen LogP) is 12.1. The van der Waals surface area contributed by atoms with Crippen molar-refractivity contribution in [1.82, 2.24) is 0 Å². The summed E-state index contributed by atoms with van der Waals surface area (Å²) in [5.41, 5.74) is 0. The summed E-state index contributed by atoms with van der Waals surface area (Å²) in [7, 11) is -10.8. The zero-order valence-electron chi connectivity index (χ0n) is 28.6. The van der Waals surface area contributed by atoms with Crippen molar-refractivity contribution in [3.8, 4) is 0 Å². The van der Waals surface area contributed by atoms with Crippen LogP contribution in [0, 0.1) is 0 Å². The minimum atomic E-state index is -10.8. The molecule has 0 atom stereocenters. The van der Waals surface area contributed by atoms with Crippen LogP contribution in [0.5, 0.6) is 0 Å². The average molecular weight is 627 g/mol. The Morgan fingerprint density at radius 2 is 0.390 bits per heavy atom. The van der Waals surface area contributed by atoms with Crippen LogP contribution in [0.2, 0.25) is 0 Å². The van der Waals surface area contributed by atoms with E-state index in [-0.39, 0.29) is 0 Å². The SMILES string of the molecule is CCCC[N+](CCCC)(CCCC)CCCC.CCCC[N+](CCCC)(CCCC)CCCC.F[Si-2](F)(F)(F)(F)F. The predicted molar refractivity (Wildman–Crippen MR) is 171 cm³/mol. The van der Waals surface area contributed by atoms with Gasteiger partial charge in [-0.3, -0.25) is 0 Å². The second-order valence-electron chi connectivity index (χ2n) is 12.4. The van der Waals surface area contributed by atoms with E-state index in [1.807, 2.05) is 0 Å². The van der Waals surface area contributed by atoms with Gasteiger partial charge in [0.1, 0.15) is 0 Å². The van der Waals surface area contributed by atoms with Crippen molar-refractivity contribution in [2.75, 3.05) is 52.4 Å². The summed E-state index contributed by atoms with van der Waals surface area (Å²) in [5.74, 6) is 0. The molecule has 0 N–H and O–H groups in total. The molecule has 0 aliphatic heterocycles. The minimum absolute atomic E-state index is 1.35. The molecule has 0 saturated carbocycles. The summed E-state index contributed by atoms with van der Waals surface area (Å²) in [5, 5.41) is 0. The van der Waals surface area contributed by atoms with E-state index >= 15 is 0 Å². The van der Waals surface area contributed by atoms with Gasteiger partial charge >= 0.3 is 33.3 Å². The van der Waals surface area contributed by atoms with E-state index < -0.39 is 8.63 Å². The molecule has 0 heterocycles. The molecule has 0 spiro atoms. The average Bonchev–Trinajstić information content (AvgIpc) is 2.90.